The van der Waals surface area contributed by atoms with Gasteiger partial charge in [0.25, 0.3) is 0 Å². The lowest BCUT2D eigenvalue weighted by Gasteiger charge is -2.21. The lowest BCUT2D eigenvalue weighted by molar-refractivity contribution is 0.285. The maximum atomic E-state index is 5.27. The van der Waals surface area contributed by atoms with Crippen LogP contribution in [0.1, 0.15) is 12.6 Å². The molecule has 0 unspecified atom stereocenters. The molecule has 98 valence electrons. The Kier molecular flexibility index (Phi) is 3.62. The Hall–Kier alpha value is -1.48. The highest BCUT2D eigenvalue weighted by Gasteiger charge is 2.11. The van der Waals surface area contributed by atoms with Crippen LogP contribution >= 0.6 is 0 Å². The number of methoxy groups -OCH3 is 1. The average molecular weight is 246 g/mol. The van der Waals surface area contributed by atoms with Crippen LogP contribution in [0.15, 0.2) is 24.3 Å². The van der Waals surface area contributed by atoms with Crippen molar-refractivity contribution in [3.8, 4) is 5.75 Å². The third kappa shape index (κ3) is 2.36. The lowest BCUT2D eigenvalue weighted by atomic mass is 10.2. The monoisotopic (exact) mass is 246 g/mol. The second-order valence-corrected chi connectivity index (χ2v) is 5.13. The molecule has 18 heavy (non-hydrogen) atoms. The summed E-state index contributed by atoms with van der Waals surface area (Å²) in [5.41, 5.74) is 2.58. The number of rotatable bonds is 4. The molecule has 3 nitrogen and oxygen atoms in total. The zero-order valence-corrected chi connectivity index (χ0v) is 11.9. The number of aromatic nitrogens is 1. The van der Waals surface area contributed by atoms with Crippen molar-refractivity contribution in [2.75, 3.05) is 21.2 Å². The third-order valence-corrected chi connectivity index (χ3v) is 3.64. The zero-order valence-electron chi connectivity index (χ0n) is 11.9. The molecule has 1 aromatic carbocycles. The first-order valence-electron chi connectivity index (χ1n) is 6.33. The number of aryl methyl sites for hydroxylation is 1. The smallest absolute Gasteiger partial charge is 0.119 e. The van der Waals surface area contributed by atoms with E-state index in [4.69, 9.17) is 4.74 Å². The molecule has 0 bridgehead atoms. The molecule has 2 rings (SSSR count). The largest absolute Gasteiger partial charge is 0.497 e. The van der Waals surface area contributed by atoms with E-state index in [1.54, 1.807) is 7.11 Å². The first kappa shape index (κ1) is 13.0. The average Bonchev–Trinajstić information content (AvgIpc) is 2.64. The fourth-order valence-electron chi connectivity index (χ4n) is 2.18. The van der Waals surface area contributed by atoms with E-state index in [2.05, 4.69) is 55.6 Å². The molecule has 1 atom stereocenters. The van der Waals surface area contributed by atoms with Crippen LogP contribution in [0.2, 0.25) is 0 Å². The van der Waals surface area contributed by atoms with Crippen LogP contribution in [0, 0.1) is 6.92 Å². The van der Waals surface area contributed by atoms with Crippen molar-refractivity contribution in [3.05, 3.63) is 30.0 Å². The van der Waals surface area contributed by atoms with Crippen molar-refractivity contribution in [3.63, 3.8) is 0 Å². The second kappa shape index (κ2) is 5.02. The van der Waals surface area contributed by atoms with Gasteiger partial charge in [0.1, 0.15) is 5.75 Å². The maximum absolute atomic E-state index is 5.27. The summed E-state index contributed by atoms with van der Waals surface area (Å²) in [5, 5.41) is 1.25. The van der Waals surface area contributed by atoms with Gasteiger partial charge in [-0.1, -0.05) is 0 Å². The van der Waals surface area contributed by atoms with E-state index >= 15 is 0 Å². The van der Waals surface area contributed by atoms with Crippen LogP contribution in [0.4, 0.5) is 0 Å². The molecule has 1 aromatic heterocycles. The minimum Gasteiger partial charge on any atom is -0.497 e. The highest BCUT2D eigenvalue weighted by atomic mass is 16.5. The minimum atomic E-state index is 0.515. The molecule has 1 heterocycles. The predicted octanol–water partition coefficient (Wildman–Crippen LogP) is 2.91. The fourth-order valence-corrected chi connectivity index (χ4v) is 2.18. The Morgan fingerprint density at radius 3 is 2.61 bits per heavy atom. The van der Waals surface area contributed by atoms with Gasteiger partial charge in [-0.3, -0.25) is 0 Å². The van der Waals surface area contributed by atoms with Gasteiger partial charge < -0.3 is 14.2 Å². The van der Waals surface area contributed by atoms with E-state index in [1.807, 2.05) is 6.07 Å². The molecule has 0 radical (unpaired) electrons. The van der Waals surface area contributed by atoms with Crippen molar-refractivity contribution in [1.82, 2.24) is 9.47 Å². The predicted molar refractivity (Wildman–Crippen MR) is 76.4 cm³/mol. The summed E-state index contributed by atoms with van der Waals surface area (Å²) < 4.78 is 7.65. The normalized spacial score (nSPS) is 13.2. The Morgan fingerprint density at radius 2 is 2.00 bits per heavy atom. The van der Waals surface area contributed by atoms with E-state index in [1.165, 1.54) is 16.6 Å². The number of nitrogens with zero attached hydrogens (tertiary/aromatic N) is 2. The lowest BCUT2D eigenvalue weighted by Crippen LogP contribution is -2.29. The third-order valence-electron chi connectivity index (χ3n) is 3.64. The van der Waals surface area contributed by atoms with Crippen LogP contribution in [-0.2, 0) is 6.54 Å². The molecule has 0 aliphatic rings. The first-order chi connectivity index (χ1) is 8.52. The number of ether oxygens (including phenoxy) is 1. The van der Waals surface area contributed by atoms with Crippen molar-refractivity contribution in [2.45, 2.75) is 26.4 Å². The molecule has 0 aliphatic heterocycles. The van der Waals surface area contributed by atoms with E-state index in [-0.39, 0.29) is 0 Å². The van der Waals surface area contributed by atoms with Gasteiger partial charge in [0.2, 0.25) is 0 Å². The topological polar surface area (TPSA) is 17.4 Å². The molecule has 0 spiro atoms. The summed E-state index contributed by atoms with van der Waals surface area (Å²) in [6.45, 7) is 5.41. The summed E-state index contributed by atoms with van der Waals surface area (Å²) in [5.74, 6) is 0.917. The number of hydrogen-bond donors (Lipinski definition) is 0. The number of hydrogen-bond acceptors (Lipinski definition) is 2. The molecule has 0 saturated carbocycles. The summed E-state index contributed by atoms with van der Waals surface area (Å²) in [6, 6.07) is 9.00. The van der Waals surface area contributed by atoms with Crippen molar-refractivity contribution in [2.24, 2.45) is 0 Å². The standard InChI is InChI=1S/C15H22N2O/c1-11-8-13-9-14(18-5)6-7-15(13)17(11)10-12(2)16(3)4/h6-9,12H,10H2,1-5H3/t12-/m1/s1. The van der Waals surface area contributed by atoms with E-state index in [9.17, 15) is 0 Å². The molecule has 3 heteroatoms. The Balaban J connectivity index is 2.41. The van der Waals surface area contributed by atoms with Crippen molar-refractivity contribution in [1.29, 1.82) is 0 Å². The Labute approximate surface area is 109 Å². The van der Waals surface area contributed by atoms with Gasteiger partial charge in [-0.15, -0.1) is 0 Å². The van der Waals surface area contributed by atoms with Crippen LogP contribution in [0.25, 0.3) is 10.9 Å². The molecule has 0 aliphatic carbocycles. The van der Waals surface area contributed by atoms with Gasteiger partial charge in [-0.25, -0.2) is 0 Å². The van der Waals surface area contributed by atoms with Crippen molar-refractivity contribution < 1.29 is 4.74 Å². The van der Waals surface area contributed by atoms with Gasteiger partial charge in [-0.05, 0) is 52.2 Å². The van der Waals surface area contributed by atoms with Gasteiger partial charge >= 0.3 is 0 Å². The summed E-state index contributed by atoms with van der Waals surface area (Å²) >= 11 is 0. The second-order valence-electron chi connectivity index (χ2n) is 5.13. The minimum absolute atomic E-state index is 0.515. The number of benzene rings is 1. The molecule has 0 N–H and O–H groups in total. The summed E-state index contributed by atoms with van der Waals surface area (Å²) in [4.78, 5) is 2.24. The highest BCUT2D eigenvalue weighted by molar-refractivity contribution is 5.82. The first-order valence-corrected chi connectivity index (χ1v) is 6.33. The summed E-state index contributed by atoms with van der Waals surface area (Å²) in [7, 11) is 5.95. The van der Waals surface area contributed by atoms with Crippen LogP contribution in [0.5, 0.6) is 5.75 Å². The Bertz CT molecular complexity index is 543. The highest BCUT2D eigenvalue weighted by Crippen LogP contribution is 2.24. The van der Waals surface area contributed by atoms with Crippen molar-refractivity contribution >= 4 is 10.9 Å². The van der Waals surface area contributed by atoms with Gasteiger partial charge in [0.15, 0.2) is 0 Å². The number of likely N-dealkylation sites (N-methyl/N-ethyl adjacent to an activating group) is 1. The van der Waals surface area contributed by atoms with Gasteiger partial charge in [-0.2, -0.15) is 0 Å². The molecule has 2 aromatic rings. The zero-order chi connectivity index (χ0) is 13.3. The van der Waals surface area contributed by atoms with E-state index < -0.39 is 0 Å². The van der Waals surface area contributed by atoms with E-state index in [0.29, 0.717) is 6.04 Å². The number of fused-ring (bicyclic) bond motifs is 1. The quantitative estimate of drug-likeness (QED) is 0.825. The van der Waals surface area contributed by atoms with Crippen LogP contribution in [0.3, 0.4) is 0 Å². The molecular formula is C15H22N2O. The Morgan fingerprint density at radius 1 is 1.28 bits per heavy atom. The maximum Gasteiger partial charge on any atom is 0.119 e. The fraction of sp³-hybridized carbons (Fsp3) is 0.467. The summed E-state index contributed by atoms with van der Waals surface area (Å²) in [6.07, 6.45) is 0. The van der Waals surface area contributed by atoms with Gasteiger partial charge in [0, 0.05) is 29.2 Å². The van der Waals surface area contributed by atoms with E-state index in [0.717, 1.165) is 12.3 Å². The molecule has 0 amide bonds. The SMILES string of the molecule is COc1ccc2c(c1)cc(C)n2C[C@@H](C)N(C)C. The van der Waals surface area contributed by atoms with Gasteiger partial charge in [0.05, 0.1) is 7.11 Å². The molecule has 0 fully saturated rings. The molecule has 0 saturated heterocycles. The van der Waals surface area contributed by atoms with Crippen LogP contribution < -0.4 is 4.74 Å². The van der Waals surface area contributed by atoms with Crippen LogP contribution in [-0.4, -0.2) is 36.7 Å². The molecular weight excluding hydrogens is 224 g/mol.